The summed E-state index contributed by atoms with van der Waals surface area (Å²) in [6.07, 6.45) is 2.07. The molecular weight excluding hydrogens is 494 g/mol. The molecule has 4 rings (SSSR count). The van der Waals surface area contributed by atoms with Crippen LogP contribution in [0.15, 0.2) is 55.8 Å². The molecule has 1 aliphatic heterocycles. The van der Waals surface area contributed by atoms with Crippen molar-refractivity contribution in [1.29, 1.82) is 0 Å². The number of thiazole rings is 1. The van der Waals surface area contributed by atoms with Gasteiger partial charge < -0.3 is 5.32 Å². The lowest BCUT2D eigenvalue weighted by Crippen LogP contribution is -2.49. The smallest absolute Gasteiger partial charge is 0.253 e. The van der Waals surface area contributed by atoms with Gasteiger partial charge in [-0.15, -0.1) is 22.7 Å². The number of carbonyl (C=O) groups is 1. The number of nitrogens with one attached hydrogen (secondary N) is 1. The van der Waals surface area contributed by atoms with Gasteiger partial charge in [0.2, 0.25) is 5.91 Å². The maximum atomic E-state index is 13.0. The van der Waals surface area contributed by atoms with Gasteiger partial charge in [0.1, 0.15) is 10.3 Å². The highest BCUT2D eigenvalue weighted by Crippen LogP contribution is 2.30. The zero-order valence-corrected chi connectivity index (χ0v) is 19.3. The van der Waals surface area contributed by atoms with E-state index >= 15 is 0 Å². The second kappa shape index (κ2) is 8.65. The van der Waals surface area contributed by atoms with Crippen molar-refractivity contribution in [1.82, 2.24) is 9.29 Å². The Hall–Kier alpha value is -1.59. The fourth-order valence-electron chi connectivity index (χ4n) is 3.25. The number of rotatable bonds is 5. The standard InChI is InChI=1S/C19H18BrN3O3S3/c20-14-8-6-13(7-9-14)15-12-28-19(21-15)22-18(24)16-4-1-2-10-23(16)29(25,26)17-5-3-11-27-17/h3,5-9,11-12,16H,1-2,4,10H2,(H,21,22,24). The van der Waals surface area contributed by atoms with Crippen molar-refractivity contribution in [2.75, 3.05) is 11.9 Å². The first-order valence-electron chi connectivity index (χ1n) is 9.03. The minimum absolute atomic E-state index is 0.268. The highest BCUT2D eigenvalue weighted by Gasteiger charge is 2.38. The third kappa shape index (κ3) is 4.46. The summed E-state index contributed by atoms with van der Waals surface area (Å²) in [4.78, 5) is 17.4. The fraction of sp³-hybridized carbons (Fsp3) is 0.263. The number of piperidine rings is 1. The normalized spacial score (nSPS) is 17.9. The van der Waals surface area contributed by atoms with Gasteiger partial charge in [-0.25, -0.2) is 13.4 Å². The first kappa shape index (κ1) is 20.7. The summed E-state index contributed by atoms with van der Waals surface area (Å²) in [5.41, 5.74) is 1.72. The van der Waals surface area contributed by atoms with Gasteiger partial charge in [-0.05, 0) is 36.4 Å². The van der Waals surface area contributed by atoms with Gasteiger partial charge in [0.05, 0.1) is 5.69 Å². The second-order valence-corrected chi connectivity index (χ2v) is 11.4. The van der Waals surface area contributed by atoms with Gasteiger partial charge in [-0.2, -0.15) is 4.31 Å². The average Bonchev–Trinajstić information content (AvgIpc) is 3.41. The van der Waals surface area contributed by atoms with Crippen LogP contribution in [-0.4, -0.2) is 36.2 Å². The van der Waals surface area contributed by atoms with Crippen LogP contribution in [0.3, 0.4) is 0 Å². The number of halogens is 1. The lowest BCUT2D eigenvalue weighted by molar-refractivity contribution is -0.120. The van der Waals surface area contributed by atoms with Crippen LogP contribution in [-0.2, 0) is 14.8 Å². The summed E-state index contributed by atoms with van der Waals surface area (Å²) in [6.45, 7) is 0.348. The van der Waals surface area contributed by atoms with Crippen LogP contribution in [0, 0.1) is 0 Å². The SMILES string of the molecule is O=C(Nc1nc(-c2ccc(Br)cc2)cs1)C1CCCCN1S(=O)(=O)c1cccs1. The Balaban J connectivity index is 1.52. The van der Waals surface area contributed by atoms with E-state index in [0.717, 1.165) is 28.6 Å². The molecule has 3 aromatic rings. The van der Waals surface area contributed by atoms with E-state index in [2.05, 4.69) is 26.2 Å². The average molecular weight is 512 g/mol. The van der Waals surface area contributed by atoms with Gasteiger partial charge in [0, 0.05) is 22.0 Å². The Morgan fingerprint density at radius 2 is 1.97 bits per heavy atom. The molecule has 1 amide bonds. The summed E-state index contributed by atoms with van der Waals surface area (Å²) in [5.74, 6) is -0.332. The van der Waals surface area contributed by atoms with Crippen molar-refractivity contribution >= 4 is 59.7 Å². The molecule has 3 heterocycles. The molecule has 6 nitrogen and oxygen atoms in total. The molecule has 1 saturated heterocycles. The first-order valence-corrected chi connectivity index (χ1v) is 13.0. The molecule has 0 bridgehead atoms. The van der Waals surface area contributed by atoms with Crippen molar-refractivity contribution in [2.24, 2.45) is 0 Å². The molecule has 1 unspecified atom stereocenters. The summed E-state index contributed by atoms with van der Waals surface area (Å²) < 4.78 is 28.5. The molecule has 29 heavy (non-hydrogen) atoms. The van der Waals surface area contributed by atoms with E-state index in [1.165, 1.54) is 27.0 Å². The van der Waals surface area contributed by atoms with Gasteiger partial charge in [0.15, 0.2) is 5.13 Å². The van der Waals surface area contributed by atoms with E-state index in [1.54, 1.807) is 17.5 Å². The minimum atomic E-state index is -3.68. The molecular formula is C19H18BrN3O3S3. The quantitative estimate of drug-likeness (QED) is 0.532. The zero-order chi connectivity index (χ0) is 20.4. The maximum Gasteiger partial charge on any atom is 0.253 e. The Kier molecular flexibility index (Phi) is 6.16. The van der Waals surface area contributed by atoms with Gasteiger partial charge in [-0.3, -0.25) is 4.79 Å². The van der Waals surface area contributed by atoms with E-state index in [-0.39, 0.29) is 10.1 Å². The number of nitrogens with zero attached hydrogens (tertiary/aromatic N) is 2. The minimum Gasteiger partial charge on any atom is -0.301 e. The molecule has 1 N–H and O–H groups in total. The van der Waals surface area contributed by atoms with Crippen LogP contribution >= 0.6 is 38.6 Å². The molecule has 0 aliphatic carbocycles. The molecule has 0 spiro atoms. The molecule has 0 saturated carbocycles. The molecule has 10 heteroatoms. The van der Waals surface area contributed by atoms with Crippen LogP contribution in [0.5, 0.6) is 0 Å². The van der Waals surface area contributed by atoms with E-state index in [4.69, 9.17) is 0 Å². The molecule has 0 radical (unpaired) electrons. The summed E-state index contributed by atoms with van der Waals surface area (Å²) >= 11 is 5.90. The fourth-order valence-corrected chi connectivity index (χ4v) is 7.02. The molecule has 1 fully saturated rings. The largest absolute Gasteiger partial charge is 0.301 e. The Bertz CT molecular complexity index is 1100. The third-order valence-corrected chi connectivity index (χ3v) is 9.26. The first-order chi connectivity index (χ1) is 13.9. The van der Waals surface area contributed by atoms with E-state index in [1.807, 2.05) is 29.6 Å². The Morgan fingerprint density at radius 3 is 2.69 bits per heavy atom. The number of hydrogen-bond acceptors (Lipinski definition) is 6. The van der Waals surface area contributed by atoms with Crippen molar-refractivity contribution in [3.8, 4) is 11.3 Å². The van der Waals surface area contributed by atoms with Gasteiger partial charge in [0.25, 0.3) is 10.0 Å². The van der Waals surface area contributed by atoms with Crippen molar-refractivity contribution in [2.45, 2.75) is 29.5 Å². The highest BCUT2D eigenvalue weighted by molar-refractivity contribution is 9.10. The van der Waals surface area contributed by atoms with E-state index in [9.17, 15) is 13.2 Å². The van der Waals surface area contributed by atoms with Crippen LogP contribution in [0.1, 0.15) is 19.3 Å². The van der Waals surface area contributed by atoms with E-state index in [0.29, 0.717) is 18.1 Å². The summed E-state index contributed by atoms with van der Waals surface area (Å²) in [5, 5.41) is 6.88. The van der Waals surface area contributed by atoms with Crippen LogP contribution in [0.25, 0.3) is 11.3 Å². The lowest BCUT2D eigenvalue weighted by atomic mass is 10.0. The number of hydrogen-bond donors (Lipinski definition) is 1. The topological polar surface area (TPSA) is 79.4 Å². The Labute approximate surface area is 185 Å². The highest BCUT2D eigenvalue weighted by atomic mass is 79.9. The molecule has 1 atom stereocenters. The number of carbonyl (C=O) groups excluding carboxylic acids is 1. The monoisotopic (exact) mass is 511 g/mol. The number of anilines is 1. The number of sulfonamides is 1. The summed E-state index contributed by atoms with van der Waals surface area (Å²) in [6, 6.07) is 10.3. The number of amides is 1. The molecule has 2 aromatic heterocycles. The number of benzene rings is 1. The molecule has 1 aromatic carbocycles. The summed E-state index contributed by atoms with van der Waals surface area (Å²) in [7, 11) is -3.68. The van der Waals surface area contributed by atoms with Crippen LogP contribution < -0.4 is 5.32 Å². The van der Waals surface area contributed by atoms with Crippen molar-refractivity contribution in [3.63, 3.8) is 0 Å². The van der Waals surface area contributed by atoms with Crippen molar-refractivity contribution < 1.29 is 13.2 Å². The lowest BCUT2D eigenvalue weighted by Gasteiger charge is -2.32. The van der Waals surface area contributed by atoms with Crippen LogP contribution in [0.4, 0.5) is 5.13 Å². The second-order valence-electron chi connectivity index (χ2n) is 6.59. The third-order valence-electron chi connectivity index (χ3n) is 4.69. The number of aromatic nitrogens is 1. The number of thiophene rings is 1. The Morgan fingerprint density at radius 1 is 1.17 bits per heavy atom. The van der Waals surface area contributed by atoms with E-state index < -0.39 is 16.1 Å². The van der Waals surface area contributed by atoms with Crippen LogP contribution in [0.2, 0.25) is 0 Å². The van der Waals surface area contributed by atoms with Crippen molar-refractivity contribution in [3.05, 3.63) is 51.6 Å². The molecule has 1 aliphatic rings. The van der Waals surface area contributed by atoms with Gasteiger partial charge in [-0.1, -0.05) is 40.5 Å². The van der Waals surface area contributed by atoms with Gasteiger partial charge >= 0.3 is 0 Å². The predicted molar refractivity (Wildman–Crippen MR) is 120 cm³/mol. The molecule has 152 valence electrons. The zero-order valence-electron chi connectivity index (χ0n) is 15.2. The predicted octanol–water partition coefficient (Wildman–Crippen LogP) is 4.82. The maximum absolute atomic E-state index is 13.0.